The number of hydrogen-bond donors (Lipinski definition) is 0. The Morgan fingerprint density at radius 1 is 1.13 bits per heavy atom. The van der Waals surface area contributed by atoms with E-state index in [4.69, 9.17) is 0 Å². The molecule has 6 heteroatoms. The quantitative estimate of drug-likeness (QED) is 0.806. The minimum atomic E-state index is 0.549. The number of aromatic nitrogens is 3. The molecule has 3 heterocycles. The summed E-state index contributed by atoms with van der Waals surface area (Å²) in [4.78, 5) is 18.1. The Balaban J connectivity index is 1.43. The van der Waals surface area contributed by atoms with Crippen molar-refractivity contribution < 1.29 is 0 Å². The maximum atomic E-state index is 4.49. The van der Waals surface area contributed by atoms with Crippen LogP contribution >= 0.6 is 15.9 Å². The zero-order chi connectivity index (χ0) is 15.6. The third-order valence-corrected chi connectivity index (χ3v) is 5.06. The lowest BCUT2D eigenvalue weighted by Crippen LogP contribution is -2.39. The lowest BCUT2D eigenvalue weighted by molar-refractivity contribution is 0.320. The second kappa shape index (κ2) is 6.53. The molecule has 0 spiro atoms. The van der Waals surface area contributed by atoms with Crippen LogP contribution in [0.5, 0.6) is 0 Å². The monoisotopic (exact) mass is 373 g/mol. The van der Waals surface area contributed by atoms with Gasteiger partial charge in [0.05, 0.1) is 5.69 Å². The molecule has 1 saturated carbocycles. The van der Waals surface area contributed by atoms with E-state index < -0.39 is 0 Å². The van der Waals surface area contributed by atoms with Crippen LogP contribution in [-0.2, 0) is 6.54 Å². The minimum Gasteiger partial charge on any atom is -0.349 e. The van der Waals surface area contributed by atoms with Crippen LogP contribution < -0.4 is 4.90 Å². The van der Waals surface area contributed by atoms with Crippen molar-refractivity contribution >= 4 is 21.7 Å². The van der Waals surface area contributed by atoms with Crippen LogP contribution in [0.25, 0.3) is 0 Å². The summed E-state index contributed by atoms with van der Waals surface area (Å²) in [7, 11) is 0. The van der Waals surface area contributed by atoms with Crippen LogP contribution in [0.4, 0.5) is 5.82 Å². The van der Waals surface area contributed by atoms with Crippen LogP contribution in [0.15, 0.2) is 41.4 Å². The van der Waals surface area contributed by atoms with E-state index in [1.165, 1.54) is 19.3 Å². The Morgan fingerprint density at radius 3 is 2.74 bits per heavy atom. The van der Waals surface area contributed by atoms with Gasteiger partial charge in [0.25, 0.3) is 0 Å². The summed E-state index contributed by atoms with van der Waals surface area (Å²) in [5, 5.41) is 0. The van der Waals surface area contributed by atoms with Crippen LogP contribution in [-0.4, -0.2) is 45.0 Å². The largest absolute Gasteiger partial charge is 0.349 e. The van der Waals surface area contributed by atoms with Gasteiger partial charge in [0.1, 0.15) is 12.1 Å². The third kappa shape index (κ3) is 3.53. The van der Waals surface area contributed by atoms with Gasteiger partial charge in [-0.15, -0.1) is 0 Å². The Morgan fingerprint density at radius 2 is 2.04 bits per heavy atom. The van der Waals surface area contributed by atoms with Crippen molar-refractivity contribution in [3.8, 4) is 0 Å². The molecule has 120 valence electrons. The van der Waals surface area contributed by atoms with Gasteiger partial charge in [-0.2, -0.15) is 0 Å². The van der Waals surface area contributed by atoms with Gasteiger partial charge in [-0.1, -0.05) is 0 Å². The van der Waals surface area contributed by atoms with Crippen LogP contribution in [0, 0.1) is 0 Å². The Labute approximate surface area is 144 Å². The number of anilines is 1. The Hall–Kier alpha value is -1.53. The molecule has 2 aromatic rings. The van der Waals surface area contributed by atoms with Gasteiger partial charge in [-0.3, -0.25) is 9.88 Å². The highest BCUT2D eigenvalue weighted by molar-refractivity contribution is 9.10. The van der Waals surface area contributed by atoms with E-state index in [0.29, 0.717) is 12.1 Å². The molecule has 0 bridgehead atoms. The second-order valence-corrected chi connectivity index (χ2v) is 7.27. The van der Waals surface area contributed by atoms with Crippen molar-refractivity contribution in [1.29, 1.82) is 0 Å². The topological polar surface area (TPSA) is 45.2 Å². The first kappa shape index (κ1) is 15.0. The SMILES string of the molecule is Brc1ccc(CN2CCC(N(c3ccncn3)C3CC3)C2)nc1. The van der Waals surface area contributed by atoms with Crippen molar-refractivity contribution in [3.05, 3.63) is 47.1 Å². The summed E-state index contributed by atoms with van der Waals surface area (Å²) in [6.07, 6.45) is 9.14. The van der Waals surface area contributed by atoms with E-state index in [1.54, 1.807) is 6.33 Å². The molecular formula is C17H20BrN5. The Kier molecular flexibility index (Phi) is 4.27. The number of hydrogen-bond acceptors (Lipinski definition) is 5. The summed E-state index contributed by atoms with van der Waals surface area (Å²) in [5.41, 5.74) is 1.13. The number of rotatable bonds is 5. The maximum absolute atomic E-state index is 4.49. The van der Waals surface area contributed by atoms with Gasteiger partial charge in [-0.05, 0) is 53.4 Å². The zero-order valence-corrected chi connectivity index (χ0v) is 14.6. The van der Waals surface area contributed by atoms with Gasteiger partial charge >= 0.3 is 0 Å². The van der Waals surface area contributed by atoms with Gasteiger partial charge in [0.2, 0.25) is 0 Å². The zero-order valence-electron chi connectivity index (χ0n) is 13.0. The first-order chi connectivity index (χ1) is 11.3. The molecule has 1 unspecified atom stereocenters. The lowest BCUT2D eigenvalue weighted by atomic mass is 10.2. The van der Waals surface area contributed by atoms with Crippen molar-refractivity contribution in [2.75, 3.05) is 18.0 Å². The summed E-state index contributed by atoms with van der Waals surface area (Å²) in [6.45, 7) is 3.13. The van der Waals surface area contributed by atoms with Gasteiger partial charge in [-0.25, -0.2) is 9.97 Å². The fraction of sp³-hybridized carbons (Fsp3) is 0.471. The van der Waals surface area contributed by atoms with Crippen molar-refractivity contribution in [3.63, 3.8) is 0 Å². The molecule has 1 atom stereocenters. The smallest absolute Gasteiger partial charge is 0.132 e. The van der Waals surface area contributed by atoms with Gasteiger partial charge in [0.15, 0.2) is 0 Å². The summed E-state index contributed by atoms with van der Waals surface area (Å²) < 4.78 is 1.03. The molecule has 2 aliphatic rings. The van der Waals surface area contributed by atoms with Crippen LogP contribution in [0.3, 0.4) is 0 Å². The summed E-state index contributed by atoms with van der Waals surface area (Å²) >= 11 is 3.44. The first-order valence-corrected chi connectivity index (χ1v) is 8.96. The molecule has 0 aromatic carbocycles. The number of halogens is 1. The predicted octanol–water partition coefficient (Wildman–Crippen LogP) is 2.88. The van der Waals surface area contributed by atoms with Gasteiger partial charge in [0, 0.05) is 48.6 Å². The summed E-state index contributed by atoms with van der Waals surface area (Å²) in [5.74, 6) is 1.08. The normalized spacial score (nSPS) is 21.5. The van der Waals surface area contributed by atoms with Crippen molar-refractivity contribution in [2.45, 2.75) is 37.9 Å². The third-order valence-electron chi connectivity index (χ3n) is 4.59. The first-order valence-electron chi connectivity index (χ1n) is 8.17. The molecule has 2 fully saturated rings. The molecule has 23 heavy (non-hydrogen) atoms. The van der Waals surface area contributed by atoms with E-state index in [2.05, 4.69) is 52.8 Å². The highest BCUT2D eigenvalue weighted by Gasteiger charge is 2.37. The summed E-state index contributed by atoms with van der Waals surface area (Å²) in [6, 6.07) is 7.42. The van der Waals surface area contributed by atoms with E-state index in [9.17, 15) is 0 Å². The standard InChI is InChI=1S/C17H20BrN5/c18-13-1-2-14(20-9-13)10-22-8-6-16(11-22)23(15-3-4-15)17-5-7-19-12-21-17/h1-2,5,7,9,12,15-16H,3-4,6,8,10-11H2. The van der Waals surface area contributed by atoms with E-state index in [0.717, 1.165) is 35.6 Å². The molecular weight excluding hydrogens is 354 g/mol. The predicted molar refractivity (Wildman–Crippen MR) is 93.2 cm³/mol. The number of nitrogens with zero attached hydrogens (tertiary/aromatic N) is 5. The molecule has 1 aliphatic carbocycles. The van der Waals surface area contributed by atoms with Crippen LogP contribution in [0.2, 0.25) is 0 Å². The highest BCUT2D eigenvalue weighted by Crippen LogP contribution is 2.34. The molecule has 4 rings (SSSR count). The molecule has 0 radical (unpaired) electrons. The van der Waals surface area contributed by atoms with E-state index in [1.807, 2.05) is 18.5 Å². The molecule has 1 aliphatic heterocycles. The number of likely N-dealkylation sites (tertiary alicyclic amines) is 1. The average Bonchev–Trinajstić information content (AvgIpc) is 3.30. The maximum Gasteiger partial charge on any atom is 0.132 e. The van der Waals surface area contributed by atoms with Crippen molar-refractivity contribution in [2.24, 2.45) is 0 Å². The molecule has 5 nitrogen and oxygen atoms in total. The fourth-order valence-corrected chi connectivity index (χ4v) is 3.61. The molecule has 1 saturated heterocycles. The Bertz CT molecular complexity index is 644. The lowest BCUT2D eigenvalue weighted by Gasteiger charge is -2.30. The van der Waals surface area contributed by atoms with Crippen molar-refractivity contribution in [1.82, 2.24) is 19.9 Å². The average molecular weight is 374 g/mol. The molecule has 2 aromatic heterocycles. The van der Waals surface area contributed by atoms with Gasteiger partial charge < -0.3 is 4.90 Å². The van der Waals surface area contributed by atoms with E-state index >= 15 is 0 Å². The minimum absolute atomic E-state index is 0.549. The highest BCUT2D eigenvalue weighted by atomic mass is 79.9. The second-order valence-electron chi connectivity index (χ2n) is 6.35. The van der Waals surface area contributed by atoms with E-state index in [-0.39, 0.29) is 0 Å². The number of pyridine rings is 1. The van der Waals surface area contributed by atoms with Crippen LogP contribution in [0.1, 0.15) is 25.0 Å². The molecule has 0 N–H and O–H groups in total. The molecule has 0 amide bonds. The fourth-order valence-electron chi connectivity index (χ4n) is 3.37.